The molecule has 0 radical (unpaired) electrons. The largest absolute Gasteiger partial charge is 0.316 e. The summed E-state index contributed by atoms with van der Waals surface area (Å²) in [5, 5.41) is 3.05. The maximum atomic E-state index is 12.0. The molecule has 1 rings (SSSR count). The van der Waals surface area contributed by atoms with Crippen LogP contribution in [0.2, 0.25) is 0 Å². The Morgan fingerprint density at radius 1 is 1.40 bits per heavy atom. The number of hydrogen-bond acceptors (Lipinski definition) is 3. The van der Waals surface area contributed by atoms with Crippen LogP contribution < -0.4 is 5.32 Å². The predicted molar refractivity (Wildman–Crippen MR) is 62.3 cm³/mol. The minimum Gasteiger partial charge on any atom is -0.316 e. The zero-order chi connectivity index (χ0) is 11.5. The van der Waals surface area contributed by atoms with Crippen LogP contribution in [-0.4, -0.2) is 43.6 Å². The molecule has 1 N–H and O–H groups in total. The van der Waals surface area contributed by atoms with Crippen molar-refractivity contribution in [2.24, 2.45) is 0 Å². The fraction of sp³-hybridized carbons (Fsp3) is 1.00. The van der Waals surface area contributed by atoms with Crippen molar-refractivity contribution in [1.29, 1.82) is 0 Å². The molecular weight excluding hydrogens is 212 g/mol. The second kappa shape index (κ2) is 4.80. The molecule has 15 heavy (non-hydrogen) atoms. The van der Waals surface area contributed by atoms with Gasteiger partial charge in [-0.3, -0.25) is 0 Å². The highest BCUT2D eigenvalue weighted by Gasteiger charge is 2.39. The highest BCUT2D eigenvalue weighted by atomic mass is 32.2. The zero-order valence-electron chi connectivity index (χ0n) is 9.91. The maximum absolute atomic E-state index is 12.0. The van der Waals surface area contributed by atoms with Crippen molar-refractivity contribution in [1.82, 2.24) is 9.62 Å². The number of nitrogens with one attached hydrogen (secondary N) is 1. The van der Waals surface area contributed by atoms with E-state index in [2.05, 4.69) is 5.32 Å². The fourth-order valence-electron chi connectivity index (χ4n) is 2.09. The molecule has 0 bridgehead atoms. The van der Waals surface area contributed by atoms with Gasteiger partial charge in [0.2, 0.25) is 10.0 Å². The molecule has 0 aliphatic carbocycles. The summed E-state index contributed by atoms with van der Waals surface area (Å²) in [6.07, 6.45) is 1.95. The molecule has 1 fully saturated rings. The van der Waals surface area contributed by atoms with Crippen LogP contribution in [0.15, 0.2) is 0 Å². The Morgan fingerprint density at radius 2 is 2.07 bits per heavy atom. The lowest BCUT2D eigenvalue weighted by Gasteiger charge is -2.30. The van der Waals surface area contributed by atoms with Crippen molar-refractivity contribution in [2.75, 3.05) is 25.4 Å². The molecule has 1 heterocycles. The lowest BCUT2D eigenvalue weighted by atomic mass is 10.0. The summed E-state index contributed by atoms with van der Waals surface area (Å²) in [7, 11) is -3.07. The molecule has 0 aromatic carbocycles. The third-order valence-electron chi connectivity index (χ3n) is 2.95. The summed E-state index contributed by atoms with van der Waals surface area (Å²) in [6, 6.07) is 0. The third-order valence-corrected chi connectivity index (χ3v) is 5.02. The lowest BCUT2D eigenvalue weighted by Crippen LogP contribution is -2.45. The Bertz CT molecular complexity index is 299. The maximum Gasteiger partial charge on any atom is 0.215 e. The third kappa shape index (κ3) is 3.16. The van der Waals surface area contributed by atoms with Gasteiger partial charge in [0.05, 0.1) is 5.75 Å². The molecule has 5 heteroatoms. The van der Waals surface area contributed by atoms with Crippen LogP contribution in [0.4, 0.5) is 0 Å². The number of rotatable bonds is 5. The first-order chi connectivity index (χ1) is 6.90. The van der Waals surface area contributed by atoms with Crippen molar-refractivity contribution >= 4 is 10.0 Å². The Hall–Kier alpha value is -0.130. The zero-order valence-corrected chi connectivity index (χ0v) is 10.7. The fourth-order valence-corrected chi connectivity index (χ4v) is 3.96. The monoisotopic (exact) mass is 234 g/mol. The van der Waals surface area contributed by atoms with Gasteiger partial charge in [-0.2, -0.15) is 4.31 Å². The first kappa shape index (κ1) is 12.9. The number of sulfonamides is 1. The Morgan fingerprint density at radius 3 is 2.53 bits per heavy atom. The van der Waals surface area contributed by atoms with Crippen LogP contribution in [0, 0.1) is 0 Å². The molecule has 0 amide bonds. The van der Waals surface area contributed by atoms with Crippen LogP contribution in [0.3, 0.4) is 0 Å². The average molecular weight is 234 g/mol. The summed E-state index contributed by atoms with van der Waals surface area (Å²) in [4.78, 5) is 0. The number of hydrogen-bond donors (Lipinski definition) is 1. The van der Waals surface area contributed by atoms with Crippen molar-refractivity contribution in [3.63, 3.8) is 0 Å². The minimum absolute atomic E-state index is 0.189. The molecule has 0 aromatic heterocycles. The normalized spacial score (nSPS) is 22.1. The lowest BCUT2D eigenvalue weighted by molar-refractivity contribution is 0.291. The highest BCUT2D eigenvalue weighted by Crippen LogP contribution is 2.30. The van der Waals surface area contributed by atoms with Crippen molar-refractivity contribution in [3.05, 3.63) is 0 Å². The Kier molecular flexibility index (Phi) is 4.14. The summed E-state index contributed by atoms with van der Waals surface area (Å²) < 4.78 is 25.7. The van der Waals surface area contributed by atoms with Gasteiger partial charge in [0.1, 0.15) is 0 Å². The first-order valence-electron chi connectivity index (χ1n) is 5.61. The molecule has 0 atom stereocenters. The van der Waals surface area contributed by atoms with Gasteiger partial charge in [-0.1, -0.05) is 6.92 Å². The molecule has 1 saturated heterocycles. The minimum atomic E-state index is -3.07. The van der Waals surface area contributed by atoms with E-state index < -0.39 is 10.0 Å². The van der Waals surface area contributed by atoms with Crippen LogP contribution in [0.5, 0.6) is 0 Å². The van der Waals surface area contributed by atoms with Gasteiger partial charge in [-0.25, -0.2) is 8.42 Å². The van der Waals surface area contributed by atoms with Crippen LogP contribution in [0.1, 0.15) is 33.6 Å². The van der Waals surface area contributed by atoms with Gasteiger partial charge in [-0.15, -0.1) is 0 Å². The molecule has 90 valence electrons. The molecule has 1 aliphatic heterocycles. The van der Waals surface area contributed by atoms with Gasteiger partial charge >= 0.3 is 0 Å². The van der Waals surface area contributed by atoms with Gasteiger partial charge in [0.25, 0.3) is 0 Å². The van der Waals surface area contributed by atoms with E-state index in [1.165, 1.54) is 0 Å². The van der Waals surface area contributed by atoms with E-state index in [0.717, 1.165) is 19.4 Å². The predicted octanol–water partition coefficient (Wildman–Crippen LogP) is 0.800. The molecule has 0 spiro atoms. The van der Waals surface area contributed by atoms with E-state index in [1.807, 2.05) is 20.8 Å². The van der Waals surface area contributed by atoms with Gasteiger partial charge in [0.15, 0.2) is 0 Å². The van der Waals surface area contributed by atoms with E-state index in [4.69, 9.17) is 0 Å². The first-order valence-corrected chi connectivity index (χ1v) is 7.22. The van der Waals surface area contributed by atoms with Crippen molar-refractivity contribution < 1.29 is 8.42 Å². The van der Waals surface area contributed by atoms with Gasteiger partial charge in [-0.05, 0) is 33.2 Å². The summed E-state index contributed by atoms with van der Waals surface area (Å²) >= 11 is 0. The Balaban J connectivity index is 2.61. The van der Waals surface area contributed by atoms with Crippen LogP contribution in [-0.2, 0) is 10.0 Å². The highest BCUT2D eigenvalue weighted by molar-refractivity contribution is 7.89. The quantitative estimate of drug-likeness (QED) is 0.716. The molecule has 1 aliphatic rings. The van der Waals surface area contributed by atoms with Gasteiger partial charge in [0, 0.05) is 18.6 Å². The van der Waals surface area contributed by atoms with E-state index in [0.29, 0.717) is 13.1 Å². The summed E-state index contributed by atoms with van der Waals surface area (Å²) in [5.74, 6) is 0.213. The van der Waals surface area contributed by atoms with Crippen molar-refractivity contribution in [3.8, 4) is 0 Å². The molecule has 0 aromatic rings. The summed E-state index contributed by atoms with van der Waals surface area (Å²) in [5.41, 5.74) is -0.189. The van der Waals surface area contributed by atoms with Crippen molar-refractivity contribution in [2.45, 2.75) is 39.2 Å². The molecular formula is C10H22N2O2S. The van der Waals surface area contributed by atoms with E-state index in [9.17, 15) is 8.42 Å². The van der Waals surface area contributed by atoms with Crippen LogP contribution >= 0.6 is 0 Å². The van der Waals surface area contributed by atoms with Crippen LogP contribution in [0.25, 0.3) is 0 Å². The van der Waals surface area contributed by atoms with Gasteiger partial charge < -0.3 is 5.32 Å². The Labute approximate surface area is 93.1 Å². The molecule has 4 nitrogen and oxygen atoms in total. The van der Waals surface area contributed by atoms with E-state index in [-0.39, 0.29) is 11.3 Å². The van der Waals surface area contributed by atoms with E-state index >= 15 is 0 Å². The molecule has 0 saturated carbocycles. The number of nitrogens with zero attached hydrogens (tertiary/aromatic N) is 1. The summed E-state index contributed by atoms with van der Waals surface area (Å²) in [6.45, 7) is 8.04. The standard InChI is InChI=1S/C10H22N2O2S/c1-4-11-7-9-15(13,14)12-8-5-6-10(12,2)3/h11H,4-9H2,1-3H3. The average Bonchev–Trinajstić information content (AvgIpc) is 2.46. The SMILES string of the molecule is CCNCCS(=O)(=O)N1CCCC1(C)C. The van der Waals surface area contributed by atoms with E-state index in [1.54, 1.807) is 4.31 Å². The smallest absolute Gasteiger partial charge is 0.215 e. The second-order valence-electron chi connectivity index (χ2n) is 4.66. The topological polar surface area (TPSA) is 49.4 Å². The second-order valence-corrected chi connectivity index (χ2v) is 6.67. The molecule has 0 unspecified atom stereocenters.